The van der Waals surface area contributed by atoms with Gasteiger partial charge in [0.2, 0.25) is 8.32 Å². The Kier molecular flexibility index (Phi) is 9.09. The molecule has 2 unspecified atom stereocenters. The minimum Gasteiger partial charge on any atom is -0.468 e. The number of halogens is 1. The molecule has 0 fully saturated rings. The van der Waals surface area contributed by atoms with Crippen LogP contribution in [0.2, 0.25) is 18.1 Å². The summed E-state index contributed by atoms with van der Waals surface area (Å²) in [5.41, 5.74) is 1.86. The first-order valence-corrected chi connectivity index (χ1v) is 16.8. The van der Waals surface area contributed by atoms with Gasteiger partial charge in [-0.25, -0.2) is 0 Å². The molecule has 2 atom stereocenters. The van der Waals surface area contributed by atoms with Crippen LogP contribution in [0, 0.1) is 0 Å². The molecule has 0 saturated heterocycles. The Morgan fingerprint density at radius 1 is 1.00 bits per heavy atom. The van der Waals surface area contributed by atoms with Gasteiger partial charge in [0.25, 0.3) is 8.32 Å². The zero-order valence-corrected chi connectivity index (χ0v) is 24.4. The molecule has 180 valence electrons. The first-order valence-electron chi connectivity index (χ1n) is 11.2. The highest BCUT2D eigenvalue weighted by Gasteiger charge is 2.52. The van der Waals surface area contributed by atoms with Crippen LogP contribution >= 0.6 is 15.9 Å². The standard InChI is InChI=1S/C26H37BrO4Si2/c1-9-32(7,8)31-23(26(5,27)24(28)29-6)20-30-33(25(2,3)4,21-16-12-10-13-17-21)22-18-14-11-15-19-22/h9-19,23H,1,20H2,2-8H3. The molecule has 2 aromatic carbocycles. The summed E-state index contributed by atoms with van der Waals surface area (Å²) < 4.78 is 17.6. The van der Waals surface area contributed by atoms with Gasteiger partial charge in [-0.2, -0.15) is 0 Å². The second kappa shape index (κ2) is 10.8. The number of alkyl halides is 1. The zero-order chi connectivity index (χ0) is 24.9. The van der Waals surface area contributed by atoms with Gasteiger partial charge in [0.15, 0.2) is 0 Å². The molecule has 0 aliphatic heterocycles. The molecule has 2 aromatic rings. The van der Waals surface area contributed by atoms with Gasteiger partial charge in [-0.15, -0.1) is 6.58 Å². The van der Waals surface area contributed by atoms with Crippen LogP contribution in [0.5, 0.6) is 0 Å². The summed E-state index contributed by atoms with van der Waals surface area (Å²) in [4.78, 5) is 12.7. The molecule has 0 heterocycles. The van der Waals surface area contributed by atoms with Crippen molar-refractivity contribution in [2.75, 3.05) is 13.7 Å². The van der Waals surface area contributed by atoms with E-state index >= 15 is 0 Å². The number of carbonyl (C=O) groups is 1. The fraction of sp³-hybridized carbons (Fsp3) is 0.423. The van der Waals surface area contributed by atoms with E-state index in [0.29, 0.717) is 0 Å². The smallest absolute Gasteiger partial charge is 0.325 e. The van der Waals surface area contributed by atoms with Gasteiger partial charge in [-0.3, -0.25) is 4.79 Å². The third-order valence-corrected chi connectivity index (χ3v) is 13.7. The summed E-state index contributed by atoms with van der Waals surface area (Å²) in [6.45, 7) is 16.7. The number of methoxy groups -OCH3 is 1. The molecule has 0 aliphatic rings. The van der Waals surface area contributed by atoms with Gasteiger partial charge in [0, 0.05) is 0 Å². The highest BCUT2D eigenvalue weighted by molar-refractivity contribution is 9.10. The maximum absolute atomic E-state index is 12.7. The highest BCUT2D eigenvalue weighted by atomic mass is 79.9. The average Bonchev–Trinajstić information content (AvgIpc) is 2.78. The first kappa shape index (κ1) is 27.7. The SMILES string of the molecule is C=C[Si](C)(C)OC(CO[Si](c1ccccc1)(c1ccccc1)C(C)(C)C)C(C)(Br)C(=O)OC. The Morgan fingerprint density at radius 3 is 1.82 bits per heavy atom. The molecule has 0 amide bonds. The number of ether oxygens (including phenoxy) is 1. The van der Waals surface area contributed by atoms with Crippen molar-refractivity contribution in [3.63, 3.8) is 0 Å². The Morgan fingerprint density at radius 2 is 1.45 bits per heavy atom. The van der Waals surface area contributed by atoms with E-state index in [1.165, 1.54) is 17.5 Å². The topological polar surface area (TPSA) is 44.8 Å². The molecule has 4 nitrogen and oxygen atoms in total. The second-order valence-corrected chi connectivity index (χ2v) is 19.8. The maximum Gasteiger partial charge on any atom is 0.325 e. The summed E-state index contributed by atoms with van der Waals surface area (Å²) in [5, 5.41) is 2.17. The first-order chi connectivity index (χ1) is 15.3. The molecule has 7 heteroatoms. The monoisotopic (exact) mass is 548 g/mol. The Hall–Kier alpha value is -1.52. The van der Waals surface area contributed by atoms with E-state index in [-0.39, 0.29) is 11.6 Å². The van der Waals surface area contributed by atoms with Crippen LogP contribution in [-0.2, 0) is 18.4 Å². The van der Waals surface area contributed by atoms with Crippen molar-refractivity contribution in [1.29, 1.82) is 0 Å². The summed E-state index contributed by atoms with van der Waals surface area (Å²) in [6.07, 6.45) is -0.564. The van der Waals surface area contributed by atoms with Crippen molar-refractivity contribution in [2.45, 2.75) is 56.3 Å². The van der Waals surface area contributed by atoms with E-state index in [1.54, 1.807) is 6.92 Å². The molecule has 33 heavy (non-hydrogen) atoms. The molecule has 0 radical (unpaired) electrons. The molecule has 0 N–H and O–H groups in total. The Bertz CT molecular complexity index is 885. The van der Waals surface area contributed by atoms with Crippen molar-refractivity contribution in [2.24, 2.45) is 0 Å². The van der Waals surface area contributed by atoms with Crippen molar-refractivity contribution in [1.82, 2.24) is 0 Å². The highest BCUT2D eigenvalue weighted by Crippen LogP contribution is 2.38. The van der Waals surface area contributed by atoms with Crippen molar-refractivity contribution in [3.05, 3.63) is 72.9 Å². The third kappa shape index (κ3) is 6.14. The van der Waals surface area contributed by atoms with Gasteiger partial charge in [-0.05, 0) is 35.4 Å². The molecule has 0 saturated carbocycles. The minimum atomic E-state index is -2.78. The number of benzene rings is 2. The van der Waals surface area contributed by atoms with Crippen LogP contribution in [-0.4, -0.2) is 46.7 Å². The van der Waals surface area contributed by atoms with Crippen LogP contribution < -0.4 is 10.4 Å². The van der Waals surface area contributed by atoms with Gasteiger partial charge < -0.3 is 13.6 Å². The summed E-state index contributed by atoms with van der Waals surface area (Å²) >= 11 is 3.61. The fourth-order valence-corrected chi connectivity index (χ4v) is 10.3. The predicted molar refractivity (Wildman–Crippen MR) is 145 cm³/mol. The second-order valence-electron chi connectivity index (χ2n) is 9.96. The molecular weight excluding hydrogens is 512 g/mol. The lowest BCUT2D eigenvalue weighted by Gasteiger charge is -2.45. The molecule has 2 rings (SSSR count). The van der Waals surface area contributed by atoms with Crippen LogP contribution in [0.1, 0.15) is 27.7 Å². The van der Waals surface area contributed by atoms with E-state index in [9.17, 15) is 4.79 Å². The van der Waals surface area contributed by atoms with Gasteiger partial charge in [0.05, 0.1) is 19.8 Å². The number of rotatable bonds is 10. The fourth-order valence-electron chi connectivity index (χ4n) is 4.01. The average molecular weight is 550 g/mol. The quantitative estimate of drug-likeness (QED) is 0.232. The number of esters is 1. The van der Waals surface area contributed by atoms with Gasteiger partial charge in [0.1, 0.15) is 4.32 Å². The van der Waals surface area contributed by atoms with E-state index in [1.807, 2.05) is 17.8 Å². The number of hydrogen-bond acceptors (Lipinski definition) is 4. The Labute approximate surface area is 209 Å². The normalized spacial score (nSPS) is 15.4. The van der Waals surface area contributed by atoms with Crippen LogP contribution in [0.25, 0.3) is 0 Å². The van der Waals surface area contributed by atoms with Crippen molar-refractivity contribution < 1.29 is 18.4 Å². The van der Waals surface area contributed by atoms with Crippen LogP contribution in [0.4, 0.5) is 0 Å². The van der Waals surface area contributed by atoms with E-state index in [0.717, 1.165) is 0 Å². The van der Waals surface area contributed by atoms with E-state index in [2.05, 4.69) is 105 Å². The number of hydrogen-bond donors (Lipinski definition) is 0. The van der Waals surface area contributed by atoms with E-state index in [4.69, 9.17) is 13.6 Å². The molecule has 0 bridgehead atoms. The minimum absolute atomic E-state index is 0.181. The number of carbonyl (C=O) groups excluding carboxylic acids is 1. The third-order valence-electron chi connectivity index (χ3n) is 5.99. The summed E-state index contributed by atoms with van der Waals surface area (Å²) in [7, 11) is -3.65. The van der Waals surface area contributed by atoms with Crippen LogP contribution in [0.3, 0.4) is 0 Å². The van der Waals surface area contributed by atoms with Crippen molar-refractivity contribution in [3.8, 4) is 0 Å². The lowest BCUT2D eigenvalue weighted by Crippen LogP contribution is -2.68. The largest absolute Gasteiger partial charge is 0.468 e. The molecule has 0 spiro atoms. The maximum atomic E-state index is 12.7. The Balaban J connectivity index is 2.62. The molecular formula is C26H37BrO4Si2. The van der Waals surface area contributed by atoms with Gasteiger partial charge in [-0.1, -0.05) is 103 Å². The molecule has 0 aliphatic carbocycles. The van der Waals surface area contributed by atoms with Crippen molar-refractivity contribution >= 4 is 48.9 Å². The molecule has 0 aromatic heterocycles. The van der Waals surface area contributed by atoms with Gasteiger partial charge >= 0.3 is 5.97 Å². The summed E-state index contributed by atoms with van der Waals surface area (Å²) in [6, 6.07) is 20.9. The lowest BCUT2D eigenvalue weighted by atomic mass is 10.1. The van der Waals surface area contributed by atoms with E-state index < -0.39 is 33.0 Å². The lowest BCUT2D eigenvalue weighted by molar-refractivity contribution is -0.146. The zero-order valence-electron chi connectivity index (χ0n) is 20.9. The summed E-state index contributed by atoms with van der Waals surface area (Å²) in [5.74, 6) is -0.396. The predicted octanol–water partition coefficient (Wildman–Crippen LogP) is 5.21. The van der Waals surface area contributed by atoms with Crippen LogP contribution in [0.15, 0.2) is 72.9 Å².